The van der Waals surface area contributed by atoms with Crippen molar-refractivity contribution in [2.45, 2.75) is 57.6 Å². The highest BCUT2D eigenvalue weighted by molar-refractivity contribution is 5.97. The van der Waals surface area contributed by atoms with Gasteiger partial charge in [-0.05, 0) is 63.6 Å². The van der Waals surface area contributed by atoms with Gasteiger partial charge in [-0.3, -0.25) is 9.59 Å². The maximum Gasteiger partial charge on any atom is 0.251 e. The number of aliphatic hydroxyl groups is 1. The molecule has 0 saturated carbocycles. The Morgan fingerprint density at radius 1 is 1.39 bits per heavy atom. The lowest BCUT2D eigenvalue weighted by atomic mass is 9.97. The Kier molecular flexibility index (Phi) is 5.77. The van der Waals surface area contributed by atoms with Crippen LogP contribution in [0.2, 0.25) is 0 Å². The number of carbonyl (C=O) groups excluding carboxylic acids is 2. The molecule has 1 saturated heterocycles. The van der Waals surface area contributed by atoms with Crippen LogP contribution in [0.1, 0.15) is 55.5 Å². The van der Waals surface area contributed by atoms with Gasteiger partial charge in [0.25, 0.3) is 5.91 Å². The maximum atomic E-state index is 12.4. The van der Waals surface area contributed by atoms with E-state index in [0.29, 0.717) is 31.4 Å². The van der Waals surface area contributed by atoms with Gasteiger partial charge < -0.3 is 15.7 Å². The van der Waals surface area contributed by atoms with Crippen LogP contribution in [0.5, 0.6) is 0 Å². The summed E-state index contributed by atoms with van der Waals surface area (Å²) in [5.41, 5.74) is 0.830. The SMILES string of the molecule is CC(C)(O)CCc1cccc(C(=O)NC2CCCCNC2=O)c1. The van der Waals surface area contributed by atoms with Crippen LogP contribution in [-0.4, -0.2) is 35.1 Å². The number of amides is 2. The van der Waals surface area contributed by atoms with E-state index in [-0.39, 0.29) is 11.8 Å². The highest BCUT2D eigenvalue weighted by Gasteiger charge is 2.23. The summed E-state index contributed by atoms with van der Waals surface area (Å²) in [4.78, 5) is 24.3. The fourth-order valence-electron chi connectivity index (χ4n) is 2.64. The number of hydrogen-bond donors (Lipinski definition) is 3. The van der Waals surface area contributed by atoms with Crippen LogP contribution in [0.25, 0.3) is 0 Å². The quantitative estimate of drug-likeness (QED) is 0.774. The Hall–Kier alpha value is -1.88. The first kappa shape index (κ1) is 17.5. The molecule has 23 heavy (non-hydrogen) atoms. The Morgan fingerprint density at radius 2 is 2.17 bits per heavy atom. The smallest absolute Gasteiger partial charge is 0.251 e. The van der Waals surface area contributed by atoms with E-state index in [1.54, 1.807) is 19.9 Å². The molecule has 0 radical (unpaired) electrons. The van der Waals surface area contributed by atoms with E-state index < -0.39 is 11.6 Å². The summed E-state index contributed by atoms with van der Waals surface area (Å²) in [7, 11) is 0. The summed E-state index contributed by atoms with van der Waals surface area (Å²) >= 11 is 0. The molecule has 1 fully saturated rings. The molecule has 1 aliphatic heterocycles. The van der Waals surface area contributed by atoms with Gasteiger partial charge in [-0.25, -0.2) is 0 Å². The molecule has 5 nitrogen and oxygen atoms in total. The summed E-state index contributed by atoms with van der Waals surface area (Å²) in [5.74, 6) is -0.328. The first-order valence-electron chi connectivity index (χ1n) is 8.25. The fourth-order valence-corrected chi connectivity index (χ4v) is 2.64. The van der Waals surface area contributed by atoms with Gasteiger partial charge in [-0.1, -0.05) is 12.1 Å². The minimum atomic E-state index is -0.725. The van der Waals surface area contributed by atoms with E-state index in [2.05, 4.69) is 10.6 Å². The molecule has 5 heteroatoms. The molecule has 1 aromatic carbocycles. The molecule has 0 aliphatic carbocycles. The lowest BCUT2D eigenvalue weighted by molar-refractivity contribution is -0.122. The van der Waals surface area contributed by atoms with Gasteiger partial charge in [0.15, 0.2) is 0 Å². The van der Waals surface area contributed by atoms with E-state index in [9.17, 15) is 14.7 Å². The second-order valence-electron chi connectivity index (χ2n) is 6.83. The van der Waals surface area contributed by atoms with Crippen LogP contribution >= 0.6 is 0 Å². The Bertz CT molecular complexity index is 564. The van der Waals surface area contributed by atoms with Crippen molar-refractivity contribution in [1.29, 1.82) is 0 Å². The highest BCUT2D eigenvalue weighted by Crippen LogP contribution is 2.15. The monoisotopic (exact) mass is 318 g/mol. The number of aryl methyl sites for hydroxylation is 1. The number of carbonyl (C=O) groups is 2. The molecule has 3 N–H and O–H groups in total. The predicted octanol–water partition coefficient (Wildman–Crippen LogP) is 1.79. The highest BCUT2D eigenvalue weighted by atomic mass is 16.3. The van der Waals surface area contributed by atoms with Crippen molar-refractivity contribution < 1.29 is 14.7 Å². The van der Waals surface area contributed by atoms with Crippen LogP contribution < -0.4 is 10.6 Å². The summed E-state index contributed by atoms with van der Waals surface area (Å²) in [6.45, 7) is 4.22. The number of hydrogen-bond acceptors (Lipinski definition) is 3. The third kappa shape index (κ3) is 5.67. The fraction of sp³-hybridized carbons (Fsp3) is 0.556. The molecule has 0 aromatic heterocycles. The Morgan fingerprint density at radius 3 is 2.91 bits per heavy atom. The molecule has 0 bridgehead atoms. The number of benzene rings is 1. The van der Waals surface area contributed by atoms with Gasteiger partial charge in [0, 0.05) is 12.1 Å². The van der Waals surface area contributed by atoms with Crippen molar-refractivity contribution >= 4 is 11.8 Å². The lowest BCUT2D eigenvalue weighted by Gasteiger charge is -2.17. The third-order valence-electron chi connectivity index (χ3n) is 4.06. The molecule has 2 rings (SSSR count). The summed E-state index contributed by atoms with van der Waals surface area (Å²) < 4.78 is 0. The van der Waals surface area contributed by atoms with E-state index >= 15 is 0 Å². The van der Waals surface area contributed by atoms with Gasteiger partial charge in [0.1, 0.15) is 6.04 Å². The molecule has 1 aliphatic rings. The first-order chi connectivity index (χ1) is 10.8. The van der Waals surface area contributed by atoms with Gasteiger partial charge in [-0.15, -0.1) is 0 Å². The molecular formula is C18H26N2O3. The van der Waals surface area contributed by atoms with Crippen molar-refractivity contribution in [3.05, 3.63) is 35.4 Å². The molecule has 126 valence electrons. The Balaban J connectivity index is 2.00. The van der Waals surface area contributed by atoms with Crippen LogP contribution in [0.4, 0.5) is 0 Å². The van der Waals surface area contributed by atoms with Crippen molar-refractivity contribution in [2.75, 3.05) is 6.54 Å². The van der Waals surface area contributed by atoms with Crippen molar-refractivity contribution in [3.63, 3.8) is 0 Å². The molecule has 2 amide bonds. The van der Waals surface area contributed by atoms with Crippen molar-refractivity contribution in [3.8, 4) is 0 Å². The zero-order valence-electron chi connectivity index (χ0n) is 13.9. The van der Waals surface area contributed by atoms with Crippen LogP contribution in [0, 0.1) is 0 Å². The largest absolute Gasteiger partial charge is 0.390 e. The molecule has 1 unspecified atom stereocenters. The lowest BCUT2D eigenvalue weighted by Crippen LogP contribution is -2.45. The van der Waals surface area contributed by atoms with Gasteiger partial charge >= 0.3 is 0 Å². The Labute approximate surface area is 137 Å². The van der Waals surface area contributed by atoms with E-state index in [1.807, 2.05) is 18.2 Å². The van der Waals surface area contributed by atoms with Gasteiger partial charge in [0.2, 0.25) is 5.91 Å². The molecular weight excluding hydrogens is 292 g/mol. The van der Waals surface area contributed by atoms with Crippen molar-refractivity contribution in [1.82, 2.24) is 10.6 Å². The standard InChI is InChI=1S/C18H26N2O3/c1-18(2,23)10-9-13-6-5-7-14(12-13)16(21)20-15-8-3-4-11-19-17(15)22/h5-7,12,15,23H,3-4,8-11H2,1-2H3,(H,19,22)(H,20,21). The predicted molar refractivity (Wildman–Crippen MR) is 89.2 cm³/mol. The third-order valence-corrected chi connectivity index (χ3v) is 4.06. The summed E-state index contributed by atoms with van der Waals surface area (Å²) in [5, 5.41) is 15.4. The van der Waals surface area contributed by atoms with Crippen LogP contribution in [-0.2, 0) is 11.2 Å². The average Bonchev–Trinajstić information content (AvgIpc) is 2.70. The van der Waals surface area contributed by atoms with Gasteiger partial charge in [-0.2, -0.15) is 0 Å². The second-order valence-corrected chi connectivity index (χ2v) is 6.83. The second kappa shape index (κ2) is 7.59. The van der Waals surface area contributed by atoms with E-state index in [4.69, 9.17) is 0 Å². The van der Waals surface area contributed by atoms with Gasteiger partial charge in [0.05, 0.1) is 5.60 Å². The molecule has 1 aromatic rings. The normalized spacial score (nSPS) is 18.9. The average molecular weight is 318 g/mol. The number of rotatable bonds is 5. The number of nitrogens with one attached hydrogen (secondary N) is 2. The van der Waals surface area contributed by atoms with E-state index in [0.717, 1.165) is 18.4 Å². The topological polar surface area (TPSA) is 78.4 Å². The van der Waals surface area contributed by atoms with Crippen LogP contribution in [0.3, 0.4) is 0 Å². The first-order valence-corrected chi connectivity index (χ1v) is 8.25. The maximum absolute atomic E-state index is 12.4. The zero-order chi connectivity index (χ0) is 16.9. The minimum absolute atomic E-state index is 0.103. The van der Waals surface area contributed by atoms with Crippen LogP contribution in [0.15, 0.2) is 24.3 Å². The van der Waals surface area contributed by atoms with Crippen molar-refractivity contribution in [2.24, 2.45) is 0 Å². The summed E-state index contributed by atoms with van der Waals surface area (Å²) in [6.07, 6.45) is 3.88. The molecule has 1 atom stereocenters. The summed E-state index contributed by atoms with van der Waals surface area (Å²) in [6, 6.07) is 6.90. The molecule has 0 spiro atoms. The zero-order valence-corrected chi connectivity index (χ0v) is 13.9. The van der Waals surface area contributed by atoms with E-state index in [1.165, 1.54) is 0 Å². The minimum Gasteiger partial charge on any atom is -0.390 e. The molecule has 1 heterocycles.